The molecule has 0 aromatic heterocycles. The molecule has 0 aliphatic heterocycles. The molecule has 0 unspecified atom stereocenters. The topological polar surface area (TPSA) is 43.8 Å². The van der Waals surface area contributed by atoms with E-state index in [-0.39, 0.29) is 5.91 Å². The van der Waals surface area contributed by atoms with E-state index < -0.39 is 5.60 Å². The Labute approximate surface area is 86.5 Å². The molecule has 0 aromatic carbocycles. The van der Waals surface area contributed by atoms with Gasteiger partial charge in [-0.1, -0.05) is 0 Å². The fourth-order valence-electron chi connectivity index (χ4n) is 1.21. The lowest BCUT2D eigenvalue weighted by Crippen LogP contribution is -2.45. The Kier molecular flexibility index (Phi) is 5.08. The van der Waals surface area contributed by atoms with Crippen LogP contribution in [-0.2, 0) is 4.79 Å². The standard InChI is InChI=1S/C10H22N2O2/c1-6-12(8-10(2,3)14)9(13)7-11(4)5/h14H,6-8H2,1-5H3. The van der Waals surface area contributed by atoms with E-state index in [2.05, 4.69) is 0 Å². The molecule has 1 N–H and O–H groups in total. The molecule has 0 bridgehead atoms. The molecule has 0 aliphatic carbocycles. The summed E-state index contributed by atoms with van der Waals surface area (Å²) in [6, 6.07) is 0. The number of nitrogens with zero attached hydrogens (tertiary/aromatic N) is 2. The van der Waals surface area contributed by atoms with Crippen molar-refractivity contribution in [3.05, 3.63) is 0 Å². The van der Waals surface area contributed by atoms with Gasteiger partial charge in [0.05, 0.1) is 12.1 Å². The number of carbonyl (C=O) groups is 1. The minimum atomic E-state index is -0.821. The Morgan fingerprint density at radius 1 is 1.36 bits per heavy atom. The highest BCUT2D eigenvalue weighted by molar-refractivity contribution is 5.78. The fraction of sp³-hybridized carbons (Fsp3) is 0.900. The SMILES string of the molecule is CCN(CC(C)(C)O)C(=O)CN(C)C. The van der Waals surface area contributed by atoms with Crippen LogP contribution < -0.4 is 0 Å². The van der Waals surface area contributed by atoms with Crippen molar-refractivity contribution in [3.8, 4) is 0 Å². The van der Waals surface area contributed by atoms with Crippen molar-refractivity contribution < 1.29 is 9.90 Å². The molecule has 0 spiro atoms. The quantitative estimate of drug-likeness (QED) is 0.691. The van der Waals surface area contributed by atoms with E-state index in [0.717, 1.165) is 0 Å². The zero-order valence-electron chi connectivity index (χ0n) is 9.87. The Balaban J connectivity index is 4.20. The predicted molar refractivity (Wildman–Crippen MR) is 57.1 cm³/mol. The molecular formula is C10H22N2O2. The van der Waals surface area contributed by atoms with Gasteiger partial charge in [-0.25, -0.2) is 0 Å². The van der Waals surface area contributed by atoms with E-state index in [1.807, 2.05) is 25.9 Å². The normalized spacial score (nSPS) is 11.9. The molecule has 0 saturated heterocycles. The van der Waals surface area contributed by atoms with Crippen LogP contribution in [0.1, 0.15) is 20.8 Å². The summed E-state index contributed by atoms with van der Waals surface area (Å²) < 4.78 is 0. The van der Waals surface area contributed by atoms with Gasteiger partial charge in [0.2, 0.25) is 5.91 Å². The maximum atomic E-state index is 11.6. The summed E-state index contributed by atoms with van der Waals surface area (Å²) >= 11 is 0. The summed E-state index contributed by atoms with van der Waals surface area (Å²) in [5.74, 6) is 0.0552. The van der Waals surface area contributed by atoms with E-state index in [1.165, 1.54) is 0 Å². The lowest BCUT2D eigenvalue weighted by molar-refractivity contribution is -0.134. The van der Waals surface area contributed by atoms with Gasteiger partial charge in [-0.3, -0.25) is 4.79 Å². The van der Waals surface area contributed by atoms with Crippen LogP contribution in [0, 0.1) is 0 Å². The van der Waals surface area contributed by atoms with Crippen molar-refractivity contribution in [2.75, 3.05) is 33.7 Å². The molecule has 1 amide bonds. The molecule has 14 heavy (non-hydrogen) atoms. The second-order valence-electron chi connectivity index (χ2n) is 4.46. The first-order chi connectivity index (χ1) is 6.26. The average Bonchev–Trinajstić information content (AvgIpc) is 1.96. The monoisotopic (exact) mass is 202 g/mol. The highest BCUT2D eigenvalue weighted by atomic mass is 16.3. The van der Waals surface area contributed by atoms with E-state index >= 15 is 0 Å². The highest BCUT2D eigenvalue weighted by Crippen LogP contribution is 2.05. The maximum Gasteiger partial charge on any atom is 0.236 e. The second-order valence-corrected chi connectivity index (χ2v) is 4.46. The zero-order valence-corrected chi connectivity index (χ0v) is 9.87. The number of carbonyl (C=O) groups excluding carboxylic acids is 1. The van der Waals surface area contributed by atoms with Gasteiger partial charge in [-0.05, 0) is 34.9 Å². The smallest absolute Gasteiger partial charge is 0.236 e. The van der Waals surface area contributed by atoms with E-state index in [0.29, 0.717) is 19.6 Å². The largest absolute Gasteiger partial charge is 0.389 e. The van der Waals surface area contributed by atoms with Gasteiger partial charge in [0, 0.05) is 13.1 Å². The van der Waals surface area contributed by atoms with Gasteiger partial charge in [-0.15, -0.1) is 0 Å². The first-order valence-corrected chi connectivity index (χ1v) is 4.91. The van der Waals surface area contributed by atoms with Crippen LogP contribution in [-0.4, -0.2) is 60.1 Å². The lowest BCUT2D eigenvalue weighted by Gasteiger charge is -2.29. The third-order valence-corrected chi connectivity index (χ3v) is 1.76. The molecular weight excluding hydrogens is 180 g/mol. The van der Waals surface area contributed by atoms with Crippen LogP contribution in [0.5, 0.6) is 0 Å². The van der Waals surface area contributed by atoms with Crippen molar-refractivity contribution in [3.63, 3.8) is 0 Å². The minimum absolute atomic E-state index is 0.0552. The number of rotatable bonds is 5. The van der Waals surface area contributed by atoms with Gasteiger partial charge in [0.1, 0.15) is 0 Å². The third-order valence-electron chi connectivity index (χ3n) is 1.76. The van der Waals surface area contributed by atoms with Crippen LogP contribution in [0.25, 0.3) is 0 Å². The Hall–Kier alpha value is -0.610. The van der Waals surface area contributed by atoms with Crippen molar-refractivity contribution in [2.45, 2.75) is 26.4 Å². The molecule has 0 rings (SSSR count). The van der Waals surface area contributed by atoms with Gasteiger partial charge in [0.15, 0.2) is 0 Å². The number of amides is 1. The number of hydrogen-bond donors (Lipinski definition) is 1. The van der Waals surface area contributed by atoms with Crippen molar-refractivity contribution in [2.24, 2.45) is 0 Å². The van der Waals surface area contributed by atoms with Crippen LogP contribution >= 0.6 is 0 Å². The van der Waals surface area contributed by atoms with Gasteiger partial charge < -0.3 is 14.9 Å². The van der Waals surface area contributed by atoms with E-state index in [1.54, 1.807) is 18.7 Å². The molecule has 0 aliphatic rings. The number of hydrogen-bond acceptors (Lipinski definition) is 3. The van der Waals surface area contributed by atoms with Crippen LogP contribution in [0.2, 0.25) is 0 Å². The van der Waals surface area contributed by atoms with Gasteiger partial charge in [-0.2, -0.15) is 0 Å². The van der Waals surface area contributed by atoms with Gasteiger partial charge in [0.25, 0.3) is 0 Å². The first-order valence-electron chi connectivity index (χ1n) is 4.91. The van der Waals surface area contributed by atoms with Crippen molar-refractivity contribution >= 4 is 5.91 Å². The highest BCUT2D eigenvalue weighted by Gasteiger charge is 2.21. The molecule has 4 nitrogen and oxygen atoms in total. The summed E-state index contributed by atoms with van der Waals surface area (Å²) in [4.78, 5) is 15.1. The summed E-state index contributed by atoms with van der Waals surface area (Å²) in [6.45, 7) is 6.74. The van der Waals surface area contributed by atoms with Crippen LogP contribution in [0.3, 0.4) is 0 Å². The fourth-order valence-corrected chi connectivity index (χ4v) is 1.21. The zero-order chi connectivity index (χ0) is 11.4. The molecule has 0 saturated carbocycles. The maximum absolute atomic E-state index is 11.6. The van der Waals surface area contributed by atoms with Crippen molar-refractivity contribution in [1.82, 2.24) is 9.80 Å². The third kappa shape index (κ3) is 5.94. The first kappa shape index (κ1) is 13.4. The van der Waals surface area contributed by atoms with E-state index in [4.69, 9.17) is 0 Å². The van der Waals surface area contributed by atoms with Crippen molar-refractivity contribution in [1.29, 1.82) is 0 Å². The lowest BCUT2D eigenvalue weighted by atomic mass is 10.1. The molecule has 4 heteroatoms. The number of aliphatic hydroxyl groups is 1. The Morgan fingerprint density at radius 3 is 2.14 bits per heavy atom. The average molecular weight is 202 g/mol. The molecule has 0 heterocycles. The summed E-state index contributed by atoms with van der Waals surface area (Å²) in [5, 5.41) is 9.59. The molecule has 0 fully saturated rings. The summed E-state index contributed by atoms with van der Waals surface area (Å²) in [6.07, 6.45) is 0. The molecule has 0 aromatic rings. The Bertz CT molecular complexity index is 185. The predicted octanol–water partition coefficient (Wildman–Crippen LogP) is 0.167. The van der Waals surface area contributed by atoms with E-state index in [9.17, 15) is 9.90 Å². The number of likely N-dealkylation sites (N-methyl/N-ethyl adjacent to an activating group) is 2. The van der Waals surface area contributed by atoms with Crippen LogP contribution in [0.4, 0.5) is 0 Å². The van der Waals surface area contributed by atoms with Gasteiger partial charge >= 0.3 is 0 Å². The molecule has 84 valence electrons. The Morgan fingerprint density at radius 2 is 1.86 bits per heavy atom. The molecule has 0 atom stereocenters. The second kappa shape index (κ2) is 5.32. The molecule has 0 radical (unpaired) electrons. The summed E-state index contributed by atoms with van der Waals surface area (Å²) in [7, 11) is 3.71. The minimum Gasteiger partial charge on any atom is -0.389 e. The summed E-state index contributed by atoms with van der Waals surface area (Å²) in [5.41, 5.74) is -0.821. The van der Waals surface area contributed by atoms with Crippen LogP contribution in [0.15, 0.2) is 0 Å².